The standard InChI is InChI=1S/C12H14ClN5O/c13-10-2-1-8(7-11(10)14)12-15-16-17-18(12)9-3-5-19-6-4-9/h1-2,7,9H,3-6,14H2. The first-order valence-corrected chi connectivity index (χ1v) is 6.54. The van der Waals surface area contributed by atoms with Gasteiger partial charge in [-0.2, -0.15) is 0 Å². The molecule has 0 bridgehead atoms. The quantitative estimate of drug-likeness (QED) is 0.850. The molecule has 100 valence electrons. The van der Waals surface area contributed by atoms with Gasteiger partial charge in [0.2, 0.25) is 0 Å². The molecule has 1 aromatic carbocycles. The topological polar surface area (TPSA) is 78.9 Å². The number of ether oxygens (including phenoxy) is 1. The minimum Gasteiger partial charge on any atom is -0.398 e. The Morgan fingerprint density at radius 3 is 2.84 bits per heavy atom. The molecule has 2 heterocycles. The number of rotatable bonds is 2. The molecular formula is C12H14ClN5O. The number of hydrogen-bond acceptors (Lipinski definition) is 5. The van der Waals surface area contributed by atoms with Crippen LogP contribution in [0.2, 0.25) is 5.02 Å². The number of hydrogen-bond donors (Lipinski definition) is 1. The van der Waals surface area contributed by atoms with Crippen molar-refractivity contribution in [3.05, 3.63) is 23.2 Å². The van der Waals surface area contributed by atoms with Crippen molar-refractivity contribution in [1.82, 2.24) is 20.2 Å². The van der Waals surface area contributed by atoms with Gasteiger partial charge in [0.1, 0.15) is 0 Å². The van der Waals surface area contributed by atoms with Crippen LogP contribution in [-0.4, -0.2) is 33.4 Å². The highest BCUT2D eigenvalue weighted by Crippen LogP contribution is 2.28. The van der Waals surface area contributed by atoms with Gasteiger partial charge >= 0.3 is 0 Å². The molecule has 19 heavy (non-hydrogen) atoms. The highest BCUT2D eigenvalue weighted by molar-refractivity contribution is 6.33. The fourth-order valence-electron chi connectivity index (χ4n) is 2.24. The lowest BCUT2D eigenvalue weighted by Gasteiger charge is -2.22. The summed E-state index contributed by atoms with van der Waals surface area (Å²) in [6.45, 7) is 1.49. The van der Waals surface area contributed by atoms with E-state index in [4.69, 9.17) is 22.1 Å². The molecule has 1 aliphatic heterocycles. The summed E-state index contributed by atoms with van der Waals surface area (Å²) in [5.74, 6) is 0.718. The highest BCUT2D eigenvalue weighted by Gasteiger charge is 2.21. The van der Waals surface area contributed by atoms with Crippen molar-refractivity contribution < 1.29 is 4.74 Å². The third-order valence-corrected chi connectivity index (χ3v) is 3.63. The van der Waals surface area contributed by atoms with Gasteiger partial charge in [0, 0.05) is 18.8 Å². The molecule has 0 radical (unpaired) electrons. The molecule has 3 rings (SSSR count). The predicted molar refractivity (Wildman–Crippen MR) is 71.8 cm³/mol. The Kier molecular flexibility index (Phi) is 3.35. The van der Waals surface area contributed by atoms with Crippen LogP contribution < -0.4 is 5.73 Å². The van der Waals surface area contributed by atoms with E-state index < -0.39 is 0 Å². The largest absolute Gasteiger partial charge is 0.398 e. The zero-order valence-electron chi connectivity index (χ0n) is 10.3. The molecule has 0 atom stereocenters. The number of nitrogens with zero attached hydrogens (tertiary/aromatic N) is 4. The number of benzene rings is 1. The molecule has 2 aromatic rings. The van der Waals surface area contributed by atoms with Crippen molar-refractivity contribution in [3.63, 3.8) is 0 Å². The molecule has 0 unspecified atom stereocenters. The van der Waals surface area contributed by atoms with Crippen molar-refractivity contribution in [2.45, 2.75) is 18.9 Å². The normalized spacial score (nSPS) is 16.7. The third-order valence-electron chi connectivity index (χ3n) is 3.28. The molecule has 2 N–H and O–H groups in total. The Balaban J connectivity index is 1.96. The van der Waals surface area contributed by atoms with Gasteiger partial charge in [-0.05, 0) is 41.5 Å². The number of nitrogens with two attached hydrogens (primary N) is 1. The SMILES string of the molecule is Nc1cc(-c2nnnn2C2CCOCC2)ccc1Cl. The predicted octanol–water partition coefficient (Wildman–Crippen LogP) is 1.93. The second kappa shape index (κ2) is 5.14. The molecule has 0 amide bonds. The van der Waals surface area contributed by atoms with Crippen LogP contribution in [0.3, 0.4) is 0 Å². The van der Waals surface area contributed by atoms with Gasteiger partial charge in [0.15, 0.2) is 5.82 Å². The summed E-state index contributed by atoms with van der Waals surface area (Å²) < 4.78 is 7.21. The van der Waals surface area contributed by atoms with E-state index >= 15 is 0 Å². The smallest absolute Gasteiger partial charge is 0.182 e. The highest BCUT2D eigenvalue weighted by atomic mass is 35.5. The van der Waals surface area contributed by atoms with Crippen LogP contribution in [0.5, 0.6) is 0 Å². The number of tetrazole rings is 1. The van der Waals surface area contributed by atoms with E-state index in [1.807, 2.05) is 10.7 Å². The monoisotopic (exact) mass is 279 g/mol. The van der Waals surface area contributed by atoms with Gasteiger partial charge in [0.05, 0.1) is 16.8 Å². The molecule has 1 saturated heterocycles. The molecule has 1 fully saturated rings. The van der Waals surface area contributed by atoms with Crippen molar-refractivity contribution in [1.29, 1.82) is 0 Å². The molecule has 6 nitrogen and oxygen atoms in total. The molecule has 0 saturated carbocycles. The maximum Gasteiger partial charge on any atom is 0.182 e. The van der Waals surface area contributed by atoms with Crippen LogP contribution in [0.15, 0.2) is 18.2 Å². The first-order chi connectivity index (χ1) is 9.25. The summed E-state index contributed by atoms with van der Waals surface area (Å²) in [5.41, 5.74) is 7.23. The van der Waals surface area contributed by atoms with Crippen LogP contribution in [-0.2, 0) is 4.74 Å². The van der Waals surface area contributed by atoms with Crippen LogP contribution in [0.4, 0.5) is 5.69 Å². The van der Waals surface area contributed by atoms with Crippen LogP contribution >= 0.6 is 11.6 Å². The van der Waals surface area contributed by atoms with E-state index in [-0.39, 0.29) is 6.04 Å². The van der Waals surface area contributed by atoms with E-state index in [2.05, 4.69) is 15.5 Å². The summed E-state index contributed by atoms with van der Waals surface area (Å²) >= 11 is 5.93. The maximum atomic E-state index is 5.93. The van der Waals surface area contributed by atoms with Crippen molar-refractivity contribution in [3.8, 4) is 11.4 Å². The Morgan fingerprint density at radius 2 is 2.11 bits per heavy atom. The van der Waals surface area contributed by atoms with E-state index in [0.717, 1.165) is 37.4 Å². The minimum atomic E-state index is 0.274. The summed E-state index contributed by atoms with van der Waals surface area (Å²) in [5, 5.41) is 12.5. The molecule has 0 aliphatic carbocycles. The van der Waals surface area contributed by atoms with E-state index in [1.165, 1.54) is 0 Å². The van der Waals surface area contributed by atoms with Crippen LogP contribution in [0, 0.1) is 0 Å². The van der Waals surface area contributed by atoms with Gasteiger partial charge < -0.3 is 10.5 Å². The van der Waals surface area contributed by atoms with Gasteiger partial charge in [-0.15, -0.1) is 5.10 Å². The maximum absolute atomic E-state index is 5.93. The second-order valence-electron chi connectivity index (χ2n) is 4.53. The van der Waals surface area contributed by atoms with Gasteiger partial charge in [-0.25, -0.2) is 4.68 Å². The fourth-order valence-corrected chi connectivity index (χ4v) is 2.36. The zero-order chi connectivity index (χ0) is 13.2. The number of nitrogen functional groups attached to an aromatic ring is 1. The Hall–Kier alpha value is -1.66. The Labute approximate surface area is 115 Å². The molecule has 0 spiro atoms. The molecule has 1 aromatic heterocycles. The lowest BCUT2D eigenvalue weighted by molar-refractivity contribution is 0.0662. The van der Waals surface area contributed by atoms with E-state index in [0.29, 0.717) is 10.7 Å². The van der Waals surface area contributed by atoms with E-state index in [1.54, 1.807) is 12.1 Å². The number of anilines is 1. The number of aromatic nitrogens is 4. The first-order valence-electron chi connectivity index (χ1n) is 6.16. The first kappa shape index (κ1) is 12.4. The van der Waals surface area contributed by atoms with Crippen molar-refractivity contribution >= 4 is 17.3 Å². The fraction of sp³-hybridized carbons (Fsp3) is 0.417. The molecule has 1 aliphatic rings. The summed E-state index contributed by atoms with van der Waals surface area (Å²) in [6, 6.07) is 5.70. The van der Waals surface area contributed by atoms with Crippen molar-refractivity contribution in [2.75, 3.05) is 18.9 Å². The molecule has 7 heteroatoms. The second-order valence-corrected chi connectivity index (χ2v) is 4.93. The molecular weight excluding hydrogens is 266 g/mol. The lowest BCUT2D eigenvalue weighted by atomic mass is 10.1. The van der Waals surface area contributed by atoms with Crippen LogP contribution in [0.25, 0.3) is 11.4 Å². The summed E-state index contributed by atoms with van der Waals surface area (Å²) in [4.78, 5) is 0. The lowest BCUT2D eigenvalue weighted by Crippen LogP contribution is -2.21. The van der Waals surface area contributed by atoms with Gasteiger partial charge in [-0.1, -0.05) is 11.6 Å². The van der Waals surface area contributed by atoms with Gasteiger partial charge in [-0.3, -0.25) is 0 Å². The summed E-state index contributed by atoms with van der Waals surface area (Å²) in [6.07, 6.45) is 1.84. The average molecular weight is 280 g/mol. The number of halogens is 1. The average Bonchev–Trinajstić information content (AvgIpc) is 2.92. The zero-order valence-corrected chi connectivity index (χ0v) is 11.0. The van der Waals surface area contributed by atoms with Crippen LogP contribution in [0.1, 0.15) is 18.9 Å². The summed E-state index contributed by atoms with van der Waals surface area (Å²) in [7, 11) is 0. The third kappa shape index (κ3) is 2.41. The van der Waals surface area contributed by atoms with E-state index in [9.17, 15) is 0 Å². The van der Waals surface area contributed by atoms with Crippen molar-refractivity contribution in [2.24, 2.45) is 0 Å². The Morgan fingerprint density at radius 1 is 1.32 bits per heavy atom. The minimum absolute atomic E-state index is 0.274. The van der Waals surface area contributed by atoms with Gasteiger partial charge in [0.25, 0.3) is 0 Å². The Bertz CT molecular complexity index is 579.